The van der Waals surface area contributed by atoms with Gasteiger partial charge in [0.25, 0.3) is 0 Å². The Morgan fingerprint density at radius 3 is 1.61 bits per heavy atom. The maximum atomic E-state index is 14.0. The topological polar surface area (TPSA) is 209 Å². The smallest absolute Gasteiger partial charge is 0.338 e. The van der Waals surface area contributed by atoms with Crippen LogP contribution < -0.4 is 0 Å². The summed E-state index contributed by atoms with van der Waals surface area (Å²) < 4.78 is 61.5. The van der Waals surface area contributed by atoms with Gasteiger partial charge in [-0.1, -0.05) is 102 Å². The lowest BCUT2D eigenvalue weighted by Crippen LogP contribution is -2.66. The predicted molar refractivity (Wildman–Crippen MR) is 217 cm³/mol. The third kappa shape index (κ3) is 12.2. The number of carbonyl (C=O) groups excluding carboxylic acids is 4. The highest BCUT2D eigenvalue weighted by atomic mass is 16.8. The Kier molecular flexibility index (Phi) is 16.5. The Bertz CT molecular complexity index is 2110. The summed E-state index contributed by atoms with van der Waals surface area (Å²) in [6, 6.07) is 33.4. The number of carbonyl (C=O) groups is 4. The minimum atomic E-state index is -1.63. The second kappa shape index (κ2) is 22.6. The average Bonchev–Trinajstić information content (AvgIpc) is 3.29. The normalized spacial score (nSPS) is 25.7. The molecule has 17 nitrogen and oxygen atoms in total. The number of ether oxygens (including phenoxy) is 10. The van der Waals surface area contributed by atoms with Gasteiger partial charge in [-0.3, -0.25) is 9.59 Å². The molecular weight excluding hydrogens is 807 g/mol. The molecule has 6 unspecified atom stereocenters. The van der Waals surface area contributed by atoms with E-state index in [1.54, 1.807) is 60.7 Å². The Labute approximate surface area is 357 Å². The number of benzene rings is 4. The molecule has 62 heavy (non-hydrogen) atoms. The monoisotopic (exact) mass is 853 g/mol. The van der Waals surface area contributed by atoms with Crippen LogP contribution in [0.25, 0.3) is 10.4 Å². The number of esters is 4. The molecule has 2 saturated heterocycles. The molecule has 4 aromatic carbocycles. The molecule has 0 spiro atoms. The summed E-state index contributed by atoms with van der Waals surface area (Å²) in [4.78, 5) is 55.2. The van der Waals surface area contributed by atoms with E-state index < -0.39 is 98.4 Å². The third-order valence-corrected chi connectivity index (χ3v) is 9.88. The van der Waals surface area contributed by atoms with E-state index in [9.17, 15) is 24.7 Å². The van der Waals surface area contributed by atoms with Crippen LogP contribution in [0.15, 0.2) is 126 Å². The highest BCUT2D eigenvalue weighted by molar-refractivity contribution is 5.89. The van der Waals surface area contributed by atoms with Crippen molar-refractivity contribution in [2.24, 2.45) is 5.11 Å². The zero-order valence-corrected chi connectivity index (χ0v) is 34.2. The van der Waals surface area contributed by atoms with Crippen molar-refractivity contribution in [1.29, 1.82) is 0 Å². The van der Waals surface area contributed by atoms with E-state index in [1.807, 2.05) is 60.7 Å². The number of hydrogen-bond donors (Lipinski definition) is 0. The van der Waals surface area contributed by atoms with Crippen LogP contribution in [0.4, 0.5) is 0 Å². The first-order valence-electron chi connectivity index (χ1n) is 19.8. The lowest BCUT2D eigenvalue weighted by atomic mass is 9.95. The van der Waals surface area contributed by atoms with Gasteiger partial charge in [-0.2, -0.15) is 0 Å². The zero-order valence-electron chi connectivity index (χ0n) is 34.2. The van der Waals surface area contributed by atoms with Crippen molar-refractivity contribution in [3.05, 3.63) is 154 Å². The second-order valence-electron chi connectivity index (χ2n) is 14.2. The molecule has 0 aromatic heterocycles. The summed E-state index contributed by atoms with van der Waals surface area (Å²) in [6.45, 7) is 1.43. The lowest BCUT2D eigenvalue weighted by molar-refractivity contribution is -0.352. The molecule has 326 valence electrons. The third-order valence-electron chi connectivity index (χ3n) is 9.88. The molecule has 2 fully saturated rings. The van der Waals surface area contributed by atoms with Gasteiger partial charge in [0, 0.05) is 25.9 Å². The van der Waals surface area contributed by atoms with Crippen LogP contribution in [0.2, 0.25) is 0 Å². The van der Waals surface area contributed by atoms with Gasteiger partial charge in [0.1, 0.15) is 49.8 Å². The van der Waals surface area contributed by atoms with Crippen LogP contribution in [0, 0.1) is 0 Å². The van der Waals surface area contributed by atoms with Gasteiger partial charge in [0.2, 0.25) is 0 Å². The Hall–Kier alpha value is -6.17. The summed E-state index contributed by atoms with van der Waals surface area (Å²) in [7, 11) is 1.35. The van der Waals surface area contributed by atoms with Gasteiger partial charge < -0.3 is 47.4 Å². The Morgan fingerprint density at radius 1 is 0.581 bits per heavy atom. The van der Waals surface area contributed by atoms with Crippen molar-refractivity contribution in [2.75, 3.05) is 20.3 Å². The standard InChI is InChI=1S/C45H47N3O14/c1-28(49)54-26-34-38(58-29(2)50)40(56-25-31-18-10-5-11-19-31)41(61-43(52)33-22-14-7-15-23-33)45(60-34)62-37-35(27-57-42(51)32-20-12-6-13-21-32)59-44(53-3)36(47-48-46)39(37)55-24-30-16-8-4-9-17-30/h4-23,34-41,44-45H,24-27H2,1-3H3/t34?,35?,36?,37-,38-,39?,40?,41?,44+,45+/m1/s1. The summed E-state index contributed by atoms with van der Waals surface area (Å²) in [5, 5.41) is 4.00. The van der Waals surface area contributed by atoms with Crippen molar-refractivity contribution in [3.63, 3.8) is 0 Å². The summed E-state index contributed by atoms with van der Waals surface area (Å²) in [5.41, 5.74) is 11.7. The van der Waals surface area contributed by atoms with E-state index in [-0.39, 0.29) is 24.3 Å². The number of hydrogen-bond acceptors (Lipinski definition) is 15. The molecule has 2 aliphatic rings. The number of azide groups is 1. The fourth-order valence-electron chi connectivity index (χ4n) is 7.00. The van der Waals surface area contributed by atoms with Gasteiger partial charge in [-0.15, -0.1) is 0 Å². The van der Waals surface area contributed by atoms with Crippen molar-refractivity contribution < 1.29 is 66.5 Å². The van der Waals surface area contributed by atoms with Gasteiger partial charge in [0.05, 0.1) is 24.3 Å². The molecule has 10 atom stereocenters. The predicted octanol–water partition coefficient (Wildman–Crippen LogP) is 5.89. The maximum absolute atomic E-state index is 14.0. The fourth-order valence-corrected chi connectivity index (χ4v) is 7.00. The molecule has 6 rings (SSSR count). The quantitative estimate of drug-likeness (QED) is 0.0376. The second-order valence-corrected chi connectivity index (χ2v) is 14.2. The Morgan fingerprint density at radius 2 is 1.08 bits per heavy atom. The minimum absolute atomic E-state index is 0.0138. The van der Waals surface area contributed by atoms with E-state index in [0.29, 0.717) is 0 Å². The van der Waals surface area contributed by atoms with E-state index in [2.05, 4.69) is 10.0 Å². The molecule has 0 N–H and O–H groups in total. The van der Waals surface area contributed by atoms with Crippen LogP contribution in [0.5, 0.6) is 0 Å². The average molecular weight is 854 g/mol. The maximum Gasteiger partial charge on any atom is 0.338 e. The van der Waals surface area contributed by atoms with Crippen molar-refractivity contribution in [3.8, 4) is 0 Å². The van der Waals surface area contributed by atoms with Crippen molar-refractivity contribution in [1.82, 2.24) is 0 Å². The lowest BCUT2D eigenvalue weighted by Gasteiger charge is -2.49. The van der Waals surface area contributed by atoms with Gasteiger partial charge in [0.15, 0.2) is 24.8 Å². The molecule has 2 aliphatic heterocycles. The molecule has 17 heteroatoms. The molecule has 2 heterocycles. The van der Waals surface area contributed by atoms with Crippen LogP contribution in [0.1, 0.15) is 45.7 Å². The molecule has 0 radical (unpaired) electrons. The fraction of sp³-hybridized carbons (Fsp3) is 0.378. The van der Waals surface area contributed by atoms with Crippen LogP contribution in [0.3, 0.4) is 0 Å². The van der Waals surface area contributed by atoms with Crippen LogP contribution >= 0.6 is 0 Å². The first kappa shape index (κ1) is 45.4. The molecule has 0 bridgehead atoms. The molecule has 0 aliphatic carbocycles. The van der Waals surface area contributed by atoms with E-state index in [0.717, 1.165) is 11.1 Å². The van der Waals surface area contributed by atoms with Crippen molar-refractivity contribution >= 4 is 23.9 Å². The van der Waals surface area contributed by atoms with E-state index >= 15 is 0 Å². The van der Waals surface area contributed by atoms with Crippen LogP contribution in [-0.4, -0.2) is 106 Å². The molecule has 4 aromatic rings. The van der Waals surface area contributed by atoms with Gasteiger partial charge in [-0.05, 0) is 40.9 Å². The zero-order chi connectivity index (χ0) is 43.8. The molecule has 0 saturated carbocycles. The van der Waals surface area contributed by atoms with Gasteiger partial charge >= 0.3 is 23.9 Å². The van der Waals surface area contributed by atoms with E-state index in [4.69, 9.17) is 47.4 Å². The SMILES string of the molecule is CO[C@H]1OC(COC(=O)c2ccccc2)[C@@H](O[C@@H]2OC(COC(C)=O)[C@@H](OC(C)=O)C(OCc3ccccc3)C2OC(=O)c2ccccc2)C(OCc2ccccc2)C1N=[N+]=[N-]. The van der Waals surface area contributed by atoms with Crippen molar-refractivity contribution in [2.45, 2.75) is 88.4 Å². The first-order chi connectivity index (χ1) is 30.1. The minimum Gasteiger partial charge on any atom is -0.463 e. The largest absolute Gasteiger partial charge is 0.463 e. The summed E-state index contributed by atoms with van der Waals surface area (Å²) in [5.74, 6) is -2.88. The highest BCUT2D eigenvalue weighted by Gasteiger charge is 2.56. The number of nitrogens with zero attached hydrogens (tertiary/aromatic N) is 3. The van der Waals surface area contributed by atoms with Crippen LogP contribution in [-0.2, 0) is 70.2 Å². The van der Waals surface area contributed by atoms with Gasteiger partial charge in [-0.25, -0.2) is 9.59 Å². The highest BCUT2D eigenvalue weighted by Crippen LogP contribution is 2.36. The summed E-state index contributed by atoms with van der Waals surface area (Å²) >= 11 is 0. The molecule has 0 amide bonds. The first-order valence-corrected chi connectivity index (χ1v) is 19.8. The van der Waals surface area contributed by atoms with E-state index in [1.165, 1.54) is 21.0 Å². The summed E-state index contributed by atoms with van der Waals surface area (Å²) in [6.07, 6.45) is -12.1. The Balaban J connectivity index is 1.44. The number of rotatable bonds is 18. The molecular formula is C45H47N3O14. The number of methoxy groups -OCH3 is 1.